The highest BCUT2D eigenvalue weighted by molar-refractivity contribution is 5.65. The van der Waals surface area contributed by atoms with Crippen LogP contribution in [0.4, 0.5) is 0 Å². The van der Waals surface area contributed by atoms with E-state index in [0.29, 0.717) is 6.61 Å². The molecule has 16 heavy (non-hydrogen) atoms. The van der Waals surface area contributed by atoms with Gasteiger partial charge in [0.15, 0.2) is 5.79 Å². The molecule has 2 aliphatic rings. The van der Waals surface area contributed by atoms with E-state index in [2.05, 4.69) is 6.08 Å². The fourth-order valence-electron chi connectivity index (χ4n) is 2.24. The van der Waals surface area contributed by atoms with Crippen LogP contribution in [0.2, 0.25) is 0 Å². The Morgan fingerprint density at radius 1 is 1.50 bits per heavy atom. The second-order valence-corrected chi connectivity index (χ2v) is 4.79. The van der Waals surface area contributed by atoms with Gasteiger partial charge in [0.2, 0.25) is 0 Å². The summed E-state index contributed by atoms with van der Waals surface area (Å²) >= 11 is 0. The smallest absolute Gasteiger partial charge is 0.302 e. The normalized spacial score (nSPS) is 35.8. The molecule has 4 nitrogen and oxygen atoms in total. The van der Waals surface area contributed by atoms with E-state index in [1.807, 2.05) is 19.9 Å². The van der Waals surface area contributed by atoms with E-state index in [9.17, 15) is 4.79 Å². The molecule has 1 aliphatic carbocycles. The first-order valence-corrected chi connectivity index (χ1v) is 5.63. The van der Waals surface area contributed by atoms with Crippen molar-refractivity contribution in [1.82, 2.24) is 0 Å². The number of hydrogen-bond acceptors (Lipinski definition) is 4. The van der Waals surface area contributed by atoms with Crippen LogP contribution in [0.1, 0.15) is 27.2 Å². The maximum atomic E-state index is 10.8. The molecule has 1 fully saturated rings. The minimum atomic E-state index is -0.543. The Hall–Kier alpha value is -0.870. The maximum absolute atomic E-state index is 10.8. The van der Waals surface area contributed by atoms with Crippen molar-refractivity contribution in [1.29, 1.82) is 0 Å². The molecule has 0 unspecified atom stereocenters. The van der Waals surface area contributed by atoms with Crippen molar-refractivity contribution >= 4 is 5.97 Å². The van der Waals surface area contributed by atoms with Gasteiger partial charge in [-0.05, 0) is 20.3 Å². The van der Waals surface area contributed by atoms with E-state index in [1.54, 1.807) is 0 Å². The molecule has 0 spiro atoms. The monoisotopic (exact) mass is 226 g/mol. The van der Waals surface area contributed by atoms with E-state index in [4.69, 9.17) is 14.2 Å². The highest BCUT2D eigenvalue weighted by atomic mass is 16.8. The number of rotatable bonds is 2. The first-order valence-electron chi connectivity index (χ1n) is 5.63. The molecule has 3 atom stereocenters. The Balaban J connectivity index is 2.00. The molecule has 1 heterocycles. The van der Waals surface area contributed by atoms with Crippen LogP contribution >= 0.6 is 0 Å². The number of esters is 1. The van der Waals surface area contributed by atoms with Crippen molar-refractivity contribution in [3.63, 3.8) is 0 Å². The van der Waals surface area contributed by atoms with Gasteiger partial charge in [-0.2, -0.15) is 0 Å². The van der Waals surface area contributed by atoms with E-state index in [0.717, 1.165) is 6.42 Å². The summed E-state index contributed by atoms with van der Waals surface area (Å²) in [4.78, 5) is 10.8. The van der Waals surface area contributed by atoms with E-state index in [1.165, 1.54) is 6.92 Å². The summed E-state index contributed by atoms with van der Waals surface area (Å²) in [6.45, 7) is 5.64. The summed E-state index contributed by atoms with van der Waals surface area (Å²) in [5, 5.41) is 0. The van der Waals surface area contributed by atoms with Crippen LogP contribution in [0, 0.1) is 5.92 Å². The highest BCUT2D eigenvalue weighted by Gasteiger charge is 2.45. The molecule has 0 aromatic heterocycles. The second kappa shape index (κ2) is 4.18. The van der Waals surface area contributed by atoms with Gasteiger partial charge in [-0.3, -0.25) is 4.79 Å². The lowest BCUT2D eigenvalue weighted by atomic mass is 9.90. The van der Waals surface area contributed by atoms with Gasteiger partial charge < -0.3 is 14.2 Å². The van der Waals surface area contributed by atoms with Crippen LogP contribution in [-0.2, 0) is 19.0 Å². The van der Waals surface area contributed by atoms with E-state index >= 15 is 0 Å². The predicted molar refractivity (Wildman–Crippen MR) is 57.7 cm³/mol. The third-order valence-corrected chi connectivity index (χ3v) is 2.89. The minimum Gasteiger partial charge on any atom is -0.465 e. The van der Waals surface area contributed by atoms with Crippen molar-refractivity contribution in [2.24, 2.45) is 5.92 Å². The lowest BCUT2D eigenvalue weighted by molar-refractivity contribution is -0.153. The molecule has 1 saturated heterocycles. The maximum Gasteiger partial charge on any atom is 0.302 e. The largest absolute Gasteiger partial charge is 0.465 e. The zero-order valence-corrected chi connectivity index (χ0v) is 9.93. The molecular formula is C12H18O4. The molecule has 0 amide bonds. The van der Waals surface area contributed by atoms with Crippen LogP contribution in [0.3, 0.4) is 0 Å². The molecule has 90 valence electrons. The Bertz CT molecular complexity index is 308. The molecule has 4 heteroatoms. The van der Waals surface area contributed by atoms with Crippen LogP contribution in [0.25, 0.3) is 0 Å². The van der Waals surface area contributed by atoms with Gasteiger partial charge in [0.05, 0.1) is 12.7 Å². The standard InChI is InChI=1S/C12H18O4/c1-8(13)14-7-9-5-4-6-10-11(9)16-12(2,3)15-10/h4,6,9-11H,5,7H2,1-3H3/t9-,10-,11+/m1/s1. The summed E-state index contributed by atoms with van der Waals surface area (Å²) < 4.78 is 16.6. The summed E-state index contributed by atoms with van der Waals surface area (Å²) in [7, 11) is 0. The summed E-state index contributed by atoms with van der Waals surface area (Å²) in [6.07, 6.45) is 4.96. The molecule has 1 aliphatic heterocycles. The van der Waals surface area contributed by atoms with Gasteiger partial charge in [0, 0.05) is 12.8 Å². The number of hydrogen-bond donors (Lipinski definition) is 0. The van der Waals surface area contributed by atoms with Gasteiger partial charge in [0.25, 0.3) is 0 Å². The second-order valence-electron chi connectivity index (χ2n) is 4.79. The molecule has 0 saturated carbocycles. The predicted octanol–water partition coefficient (Wildman–Crippen LogP) is 1.65. The molecule has 2 rings (SSSR count). The van der Waals surface area contributed by atoms with Crippen molar-refractivity contribution in [2.45, 2.75) is 45.2 Å². The fraction of sp³-hybridized carbons (Fsp3) is 0.750. The van der Waals surface area contributed by atoms with Gasteiger partial charge in [-0.1, -0.05) is 12.2 Å². The summed E-state index contributed by atoms with van der Waals surface area (Å²) in [5.74, 6) is -0.594. The molecule has 0 aromatic carbocycles. The van der Waals surface area contributed by atoms with Gasteiger partial charge in [0.1, 0.15) is 6.10 Å². The summed E-state index contributed by atoms with van der Waals surface area (Å²) in [5.41, 5.74) is 0. The third kappa shape index (κ3) is 2.44. The SMILES string of the molecule is CC(=O)OC[C@H]1CC=C[C@H]2OC(C)(C)O[C@@H]12. The Kier molecular flexibility index (Phi) is 3.04. The number of carbonyl (C=O) groups excluding carboxylic acids is 1. The first kappa shape index (κ1) is 11.6. The Morgan fingerprint density at radius 3 is 2.94 bits per heavy atom. The zero-order valence-electron chi connectivity index (χ0n) is 9.93. The van der Waals surface area contributed by atoms with E-state index < -0.39 is 5.79 Å². The molecule has 0 radical (unpaired) electrons. The lowest BCUT2D eigenvalue weighted by Crippen LogP contribution is -2.35. The quantitative estimate of drug-likeness (QED) is 0.530. The number of carbonyl (C=O) groups is 1. The van der Waals surface area contributed by atoms with Crippen molar-refractivity contribution in [3.05, 3.63) is 12.2 Å². The number of ether oxygens (including phenoxy) is 3. The molecule has 0 bridgehead atoms. The molecule has 0 N–H and O–H groups in total. The molecule has 0 aromatic rings. The average molecular weight is 226 g/mol. The minimum absolute atomic E-state index is 0.000602. The van der Waals surface area contributed by atoms with Crippen LogP contribution in [0.15, 0.2) is 12.2 Å². The van der Waals surface area contributed by atoms with Gasteiger partial charge in [-0.25, -0.2) is 0 Å². The highest BCUT2D eigenvalue weighted by Crippen LogP contribution is 2.36. The Morgan fingerprint density at radius 2 is 2.25 bits per heavy atom. The van der Waals surface area contributed by atoms with Crippen molar-refractivity contribution < 1.29 is 19.0 Å². The lowest BCUT2D eigenvalue weighted by Gasteiger charge is -2.27. The first-order chi connectivity index (χ1) is 7.48. The van der Waals surface area contributed by atoms with Crippen molar-refractivity contribution in [3.8, 4) is 0 Å². The Labute approximate surface area is 95.6 Å². The topological polar surface area (TPSA) is 44.8 Å². The average Bonchev–Trinajstić information content (AvgIpc) is 2.48. The number of allylic oxidation sites excluding steroid dienone is 1. The summed E-state index contributed by atoms with van der Waals surface area (Å²) in [6, 6.07) is 0. The molecular weight excluding hydrogens is 208 g/mol. The van der Waals surface area contributed by atoms with Crippen LogP contribution < -0.4 is 0 Å². The van der Waals surface area contributed by atoms with Crippen LogP contribution in [0.5, 0.6) is 0 Å². The third-order valence-electron chi connectivity index (χ3n) is 2.89. The van der Waals surface area contributed by atoms with E-state index in [-0.39, 0.29) is 24.1 Å². The van der Waals surface area contributed by atoms with Crippen LogP contribution in [-0.4, -0.2) is 30.6 Å². The van der Waals surface area contributed by atoms with Gasteiger partial charge in [-0.15, -0.1) is 0 Å². The van der Waals surface area contributed by atoms with Crippen molar-refractivity contribution in [2.75, 3.05) is 6.61 Å². The van der Waals surface area contributed by atoms with Gasteiger partial charge >= 0.3 is 5.97 Å². The fourth-order valence-corrected chi connectivity index (χ4v) is 2.24. The number of fused-ring (bicyclic) bond motifs is 1. The zero-order chi connectivity index (χ0) is 11.8.